The Balaban J connectivity index is 1.72. The van der Waals surface area contributed by atoms with Crippen molar-refractivity contribution in [3.63, 3.8) is 0 Å². The van der Waals surface area contributed by atoms with Gasteiger partial charge in [-0.3, -0.25) is 0 Å². The maximum atomic E-state index is 9.39. The Morgan fingerprint density at radius 3 is 1.43 bits per heavy atom. The maximum absolute atomic E-state index is 9.39. The fourth-order valence-electron chi connectivity index (χ4n) is 2.04. The van der Waals surface area contributed by atoms with E-state index in [1.807, 2.05) is 0 Å². The first-order valence-electron chi connectivity index (χ1n) is 6.78. The van der Waals surface area contributed by atoms with E-state index in [0.717, 1.165) is 37.1 Å². The molecule has 0 aromatic heterocycles. The number of rotatable bonds is 6. The van der Waals surface area contributed by atoms with E-state index in [2.05, 4.69) is 5.32 Å². The highest BCUT2D eigenvalue weighted by atomic mass is 16.3. The summed E-state index contributed by atoms with van der Waals surface area (Å²) in [6.45, 7) is 1.49. The van der Waals surface area contributed by atoms with Gasteiger partial charge in [0.15, 0.2) is 23.0 Å². The van der Waals surface area contributed by atoms with Crippen LogP contribution in [0, 0.1) is 0 Å². The highest BCUT2D eigenvalue weighted by molar-refractivity contribution is 5.41. The van der Waals surface area contributed by atoms with Crippen molar-refractivity contribution in [3.05, 3.63) is 47.5 Å². The third kappa shape index (κ3) is 4.29. The summed E-state index contributed by atoms with van der Waals surface area (Å²) in [5.74, 6) is -0.433. The zero-order valence-electron chi connectivity index (χ0n) is 11.6. The number of aromatic hydroxyl groups is 4. The van der Waals surface area contributed by atoms with Gasteiger partial charge in [-0.15, -0.1) is 0 Å². The van der Waals surface area contributed by atoms with E-state index in [-0.39, 0.29) is 23.0 Å². The van der Waals surface area contributed by atoms with Crippen LogP contribution in [0.15, 0.2) is 36.4 Å². The van der Waals surface area contributed by atoms with Gasteiger partial charge < -0.3 is 25.7 Å². The molecule has 0 heterocycles. The number of hydrogen-bond acceptors (Lipinski definition) is 5. The number of benzene rings is 2. The molecule has 21 heavy (non-hydrogen) atoms. The van der Waals surface area contributed by atoms with Crippen LogP contribution in [0.25, 0.3) is 0 Å². The first kappa shape index (κ1) is 15.0. The van der Waals surface area contributed by atoms with Crippen LogP contribution in [0.1, 0.15) is 11.1 Å². The quantitative estimate of drug-likeness (QED) is 0.413. The summed E-state index contributed by atoms with van der Waals surface area (Å²) in [6, 6.07) is 9.60. The molecule has 0 spiro atoms. The fourth-order valence-corrected chi connectivity index (χ4v) is 2.04. The van der Waals surface area contributed by atoms with Crippen LogP contribution in [0.5, 0.6) is 23.0 Å². The fraction of sp³-hybridized carbons (Fsp3) is 0.250. The smallest absolute Gasteiger partial charge is 0.157 e. The Morgan fingerprint density at radius 2 is 1.05 bits per heavy atom. The molecule has 2 rings (SSSR count). The molecule has 0 radical (unpaired) electrons. The maximum Gasteiger partial charge on any atom is 0.157 e. The highest BCUT2D eigenvalue weighted by Crippen LogP contribution is 2.25. The van der Waals surface area contributed by atoms with Gasteiger partial charge in [0.05, 0.1) is 0 Å². The Morgan fingerprint density at radius 1 is 0.619 bits per heavy atom. The lowest BCUT2D eigenvalue weighted by Crippen LogP contribution is -2.20. The lowest BCUT2D eigenvalue weighted by Gasteiger charge is -2.07. The first-order valence-corrected chi connectivity index (χ1v) is 6.78. The Kier molecular flexibility index (Phi) is 4.90. The lowest BCUT2D eigenvalue weighted by atomic mass is 10.1. The third-order valence-electron chi connectivity index (χ3n) is 3.26. The second kappa shape index (κ2) is 6.85. The van der Waals surface area contributed by atoms with Crippen molar-refractivity contribution in [1.82, 2.24) is 5.32 Å². The van der Waals surface area contributed by atoms with Gasteiger partial charge in [-0.05, 0) is 61.3 Å². The average molecular weight is 289 g/mol. The molecule has 0 saturated heterocycles. The summed E-state index contributed by atoms with van der Waals surface area (Å²) in [7, 11) is 0. The molecule has 0 aliphatic heterocycles. The second-order valence-corrected chi connectivity index (χ2v) is 4.90. The van der Waals surface area contributed by atoms with E-state index in [1.54, 1.807) is 24.3 Å². The van der Waals surface area contributed by atoms with Gasteiger partial charge in [0.25, 0.3) is 0 Å². The zero-order valence-corrected chi connectivity index (χ0v) is 11.6. The van der Waals surface area contributed by atoms with Gasteiger partial charge in [-0.2, -0.15) is 0 Å². The van der Waals surface area contributed by atoms with Crippen LogP contribution in [-0.4, -0.2) is 33.5 Å². The first-order chi connectivity index (χ1) is 10.1. The minimum absolute atomic E-state index is 0.105. The average Bonchev–Trinajstić information content (AvgIpc) is 2.46. The van der Waals surface area contributed by atoms with Crippen molar-refractivity contribution in [2.24, 2.45) is 0 Å². The summed E-state index contributed by atoms with van der Waals surface area (Å²) in [5.41, 5.74) is 1.89. The largest absolute Gasteiger partial charge is 0.504 e. The van der Waals surface area contributed by atoms with Crippen molar-refractivity contribution in [2.45, 2.75) is 12.8 Å². The van der Waals surface area contributed by atoms with Crippen LogP contribution < -0.4 is 5.32 Å². The van der Waals surface area contributed by atoms with Gasteiger partial charge in [0, 0.05) is 0 Å². The Labute approximate surface area is 123 Å². The van der Waals surface area contributed by atoms with E-state index in [9.17, 15) is 20.4 Å². The van der Waals surface area contributed by atoms with E-state index in [4.69, 9.17) is 0 Å². The molecule has 0 unspecified atom stereocenters. The summed E-state index contributed by atoms with van der Waals surface area (Å²) in [4.78, 5) is 0. The SMILES string of the molecule is Oc1ccc(CCNCCc2ccc(O)c(O)c2)cc1O. The van der Waals surface area contributed by atoms with Crippen LogP contribution >= 0.6 is 0 Å². The molecule has 0 aliphatic carbocycles. The van der Waals surface area contributed by atoms with E-state index >= 15 is 0 Å². The van der Waals surface area contributed by atoms with E-state index in [0.29, 0.717) is 0 Å². The molecular weight excluding hydrogens is 270 g/mol. The normalized spacial score (nSPS) is 10.7. The van der Waals surface area contributed by atoms with Crippen molar-refractivity contribution < 1.29 is 20.4 Å². The monoisotopic (exact) mass is 289 g/mol. The van der Waals surface area contributed by atoms with Crippen molar-refractivity contribution in [1.29, 1.82) is 0 Å². The summed E-state index contributed by atoms with van der Waals surface area (Å²) < 4.78 is 0. The van der Waals surface area contributed by atoms with Crippen LogP contribution in [0.2, 0.25) is 0 Å². The minimum Gasteiger partial charge on any atom is -0.504 e. The molecule has 0 bridgehead atoms. The Hall–Kier alpha value is -2.40. The van der Waals surface area contributed by atoms with Gasteiger partial charge in [0.2, 0.25) is 0 Å². The Bertz CT molecular complexity index is 560. The molecular formula is C16H19NO4. The van der Waals surface area contributed by atoms with Crippen LogP contribution in [0.3, 0.4) is 0 Å². The van der Waals surface area contributed by atoms with Crippen molar-refractivity contribution in [2.75, 3.05) is 13.1 Å². The molecule has 0 fully saturated rings. The van der Waals surface area contributed by atoms with E-state index in [1.165, 1.54) is 12.1 Å². The number of phenolic OH excluding ortho intramolecular Hbond substituents is 4. The topological polar surface area (TPSA) is 93.0 Å². The molecule has 2 aromatic rings. The van der Waals surface area contributed by atoms with Crippen molar-refractivity contribution >= 4 is 0 Å². The van der Waals surface area contributed by atoms with Gasteiger partial charge >= 0.3 is 0 Å². The molecule has 0 atom stereocenters. The molecule has 5 heteroatoms. The molecule has 0 saturated carbocycles. The molecule has 2 aromatic carbocycles. The second-order valence-electron chi connectivity index (χ2n) is 4.90. The predicted molar refractivity (Wildman–Crippen MR) is 79.8 cm³/mol. The third-order valence-corrected chi connectivity index (χ3v) is 3.26. The summed E-state index contributed by atoms with van der Waals surface area (Å²) >= 11 is 0. The van der Waals surface area contributed by atoms with E-state index < -0.39 is 0 Å². The lowest BCUT2D eigenvalue weighted by molar-refractivity contribution is 0.403. The van der Waals surface area contributed by atoms with Gasteiger partial charge in [-0.1, -0.05) is 12.1 Å². The molecule has 0 amide bonds. The standard InChI is InChI=1S/C16H19NO4/c18-13-3-1-11(9-15(13)20)5-7-17-8-6-12-2-4-14(19)16(21)10-12/h1-4,9-10,17-21H,5-8H2. The number of hydrogen-bond donors (Lipinski definition) is 5. The minimum atomic E-state index is -0.112. The number of phenols is 4. The van der Waals surface area contributed by atoms with Crippen molar-refractivity contribution in [3.8, 4) is 23.0 Å². The highest BCUT2D eigenvalue weighted by Gasteiger charge is 2.02. The molecule has 112 valence electrons. The van der Waals surface area contributed by atoms with Gasteiger partial charge in [-0.25, -0.2) is 0 Å². The summed E-state index contributed by atoms with van der Waals surface area (Å²) in [5, 5.41) is 40.5. The summed E-state index contributed by atoms with van der Waals surface area (Å²) in [6.07, 6.45) is 1.49. The molecule has 0 aliphatic rings. The zero-order chi connectivity index (χ0) is 15.2. The van der Waals surface area contributed by atoms with Crippen LogP contribution in [-0.2, 0) is 12.8 Å². The van der Waals surface area contributed by atoms with Crippen LogP contribution in [0.4, 0.5) is 0 Å². The molecule has 5 N–H and O–H groups in total. The predicted octanol–water partition coefficient (Wildman–Crippen LogP) is 1.88. The number of nitrogens with one attached hydrogen (secondary N) is 1. The van der Waals surface area contributed by atoms with Gasteiger partial charge in [0.1, 0.15) is 0 Å². The molecule has 5 nitrogen and oxygen atoms in total.